The molecule has 4 nitrogen and oxygen atoms in total. The summed E-state index contributed by atoms with van der Waals surface area (Å²) in [5.41, 5.74) is 0. The van der Waals surface area contributed by atoms with Crippen molar-refractivity contribution >= 4 is 5.97 Å². The van der Waals surface area contributed by atoms with Gasteiger partial charge in [-0.3, -0.25) is 0 Å². The second kappa shape index (κ2) is 3.03. The predicted molar refractivity (Wildman–Crippen MR) is 43.9 cm³/mol. The van der Waals surface area contributed by atoms with Crippen LogP contribution in [0.2, 0.25) is 0 Å². The van der Waals surface area contributed by atoms with Crippen molar-refractivity contribution in [3.8, 4) is 0 Å². The summed E-state index contributed by atoms with van der Waals surface area (Å²) in [6.45, 7) is 0. The van der Waals surface area contributed by atoms with Crippen LogP contribution in [0.5, 0.6) is 0 Å². The maximum Gasteiger partial charge on any atom is 0.331 e. The van der Waals surface area contributed by atoms with Crippen LogP contribution in [0.25, 0.3) is 0 Å². The van der Waals surface area contributed by atoms with E-state index in [4.69, 9.17) is 9.84 Å². The Morgan fingerprint density at radius 1 is 1.54 bits per heavy atom. The van der Waals surface area contributed by atoms with Crippen molar-refractivity contribution < 1.29 is 19.7 Å². The first-order valence-electron chi connectivity index (χ1n) is 4.43. The molecule has 0 spiro atoms. The third-order valence-electron chi connectivity index (χ3n) is 2.66. The SMILES string of the molecule is O=C(O)C=C1CC2CC(O)CC2O1. The molecule has 13 heavy (non-hydrogen) atoms. The van der Waals surface area contributed by atoms with Crippen LogP contribution >= 0.6 is 0 Å². The van der Waals surface area contributed by atoms with Crippen molar-refractivity contribution in [2.75, 3.05) is 0 Å². The van der Waals surface area contributed by atoms with E-state index in [0.29, 0.717) is 24.5 Å². The van der Waals surface area contributed by atoms with Crippen molar-refractivity contribution in [3.05, 3.63) is 11.8 Å². The Morgan fingerprint density at radius 3 is 2.92 bits per heavy atom. The van der Waals surface area contributed by atoms with Crippen molar-refractivity contribution in [2.24, 2.45) is 5.92 Å². The summed E-state index contributed by atoms with van der Waals surface area (Å²) >= 11 is 0. The molecule has 3 unspecified atom stereocenters. The number of carbonyl (C=O) groups is 1. The summed E-state index contributed by atoms with van der Waals surface area (Å²) in [5.74, 6) is -0.0921. The van der Waals surface area contributed by atoms with E-state index in [1.54, 1.807) is 0 Å². The standard InChI is InChI=1S/C9H12O4/c10-6-1-5-2-7(4-9(11)12)13-8(5)3-6/h4-6,8,10H,1-3H2,(H,11,12). The van der Waals surface area contributed by atoms with Gasteiger partial charge in [-0.2, -0.15) is 0 Å². The maximum absolute atomic E-state index is 10.3. The second-order valence-electron chi connectivity index (χ2n) is 3.69. The van der Waals surface area contributed by atoms with Crippen LogP contribution in [-0.2, 0) is 9.53 Å². The number of fused-ring (bicyclic) bond motifs is 1. The van der Waals surface area contributed by atoms with Gasteiger partial charge in [0, 0.05) is 18.8 Å². The van der Waals surface area contributed by atoms with Crippen molar-refractivity contribution in [3.63, 3.8) is 0 Å². The fraction of sp³-hybridized carbons (Fsp3) is 0.667. The van der Waals surface area contributed by atoms with Gasteiger partial charge in [-0.05, 0) is 6.42 Å². The average Bonchev–Trinajstić information content (AvgIpc) is 2.41. The van der Waals surface area contributed by atoms with Crippen LogP contribution in [0.3, 0.4) is 0 Å². The van der Waals surface area contributed by atoms with E-state index in [-0.39, 0.29) is 12.2 Å². The molecular weight excluding hydrogens is 172 g/mol. The van der Waals surface area contributed by atoms with Gasteiger partial charge >= 0.3 is 5.97 Å². The number of aliphatic hydroxyl groups is 1. The van der Waals surface area contributed by atoms with Gasteiger partial charge in [0.05, 0.1) is 12.2 Å². The topological polar surface area (TPSA) is 66.8 Å². The molecule has 0 amide bonds. The summed E-state index contributed by atoms with van der Waals surface area (Å²) in [7, 11) is 0. The quantitative estimate of drug-likeness (QED) is 0.583. The average molecular weight is 184 g/mol. The number of ether oxygens (including phenoxy) is 1. The van der Waals surface area contributed by atoms with Crippen LogP contribution < -0.4 is 0 Å². The Kier molecular flexibility index (Phi) is 2.00. The highest BCUT2D eigenvalue weighted by Gasteiger charge is 2.40. The molecular formula is C9H12O4. The molecule has 0 aromatic carbocycles. The molecule has 2 N–H and O–H groups in total. The van der Waals surface area contributed by atoms with Crippen LogP contribution in [0.1, 0.15) is 19.3 Å². The summed E-state index contributed by atoms with van der Waals surface area (Å²) in [6, 6.07) is 0. The smallest absolute Gasteiger partial charge is 0.331 e. The van der Waals surface area contributed by atoms with Gasteiger partial charge in [0.25, 0.3) is 0 Å². The van der Waals surface area contributed by atoms with E-state index in [1.807, 2.05) is 0 Å². The van der Waals surface area contributed by atoms with E-state index in [9.17, 15) is 9.90 Å². The molecule has 0 bridgehead atoms. The fourth-order valence-electron chi connectivity index (χ4n) is 2.15. The zero-order chi connectivity index (χ0) is 9.42. The largest absolute Gasteiger partial charge is 0.494 e. The fourth-order valence-corrected chi connectivity index (χ4v) is 2.15. The molecule has 2 aliphatic rings. The van der Waals surface area contributed by atoms with E-state index >= 15 is 0 Å². The highest BCUT2D eigenvalue weighted by molar-refractivity contribution is 5.80. The van der Waals surface area contributed by atoms with Crippen LogP contribution in [0, 0.1) is 5.92 Å². The molecule has 3 atom stereocenters. The first-order chi connectivity index (χ1) is 6.15. The third kappa shape index (κ3) is 1.67. The van der Waals surface area contributed by atoms with E-state index in [1.165, 1.54) is 0 Å². The lowest BCUT2D eigenvalue weighted by Crippen LogP contribution is -2.07. The third-order valence-corrected chi connectivity index (χ3v) is 2.66. The lowest BCUT2D eigenvalue weighted by atomic mass is 10.0. The van der Waals surface area contributed by atoms with Crippen molar-refractivity contribution in [1.82, 2.24) is 0 Å². The molecule has 1 aliphatic heterocycles. The molecule has 1 saturated heterocycles. The van der Waals surface area contributed by atoms with Crippen molar-refractivity contribution in [2.45, 2.75) is 31.5 Å². The second-order valence-corrected chi connectivity index (χ2v) is 3.69. The summed E-state index contributed by atoms with van der Waals surface area (Å²) in [6.07, 6.45) is 2.93. The number of aliphatic hydroxyl groups excluding tert-OH is 1. The predicted octanol–water partition coefficient (Wildman–Crippen LogP) is 0.515. The first-order valence-corrected chi connectivity index (χ1v) is 4.43. The Labute approximate surface area is 75.8 Å². The summed E-state index contributed by atoms with van der Waals surface area (Å²) < 4.78 is 5.39. The van der Waals surface area contributed by atoms with Gasteiger partial charge in [-0.15, -0.1) is 0 Å². The van der Waals surface area contributed by atoms with Crippen LogP contribution in [0.4, 0.5) is 0 Å². The normalized spacial score (nSPS) is 40.4. The summed E-state index contributed by atoms with van der Waals surface area (Å²) in [5, 5.41) is 17.8. The highest BCUT2D eigenvalue weighted by Crippen LogP contribution is 2.40. The number of carboxylic acids is 1. The zero-order valence-corrected chi connectivity index (χ0v) is 7.14. The Hall–Kier alpha value is -1.03. The first kappa shape index (κ1) is 8.56. The number of rotatable bonds is 1. The molecule has 1 heterocycles. The number of hydrogen-bond acceptors (Lipinski definition) is 3. The molecule has 2 fully saturated rings. The lowest BCUT2D eigenvalue weighted by molar-refractivity contribution is -0.131. The number of hydrogen-bond donors (Lipinski definition) is 2. The summed E-state index contributed by atoms with van der Waals surface area (Å²) in [4.78, 5) is 10.3. The molecule has 72 valence electrons. The Bertz CT molecular complexity index is 242. The van der Waals surface area contributed by atoms with E-state index < -0.39 is 5.97 Å². The molecule has 0 aromatic rings. The van der Waals surface area contributed by atoms with E-state index in [2.05, 4.69) is 0 Å². The Balaban J connectivity index is 2.01. The van der Waals surface area contributed by atoms with Crippen molar-refractivity contribution in [1.29, 1.82) is 0 Å². The number of aliphatic carboxylic acids is 1. The zero-order valence-electron chi connectivity index (χ0n) is 7.14. The van der Waals surface area contributed by atoms with Crippen LogP contribution in [-0.4, -0.2) is 28.4 Å². The van der Waals surface area contributed by atoms with Gasteiger partial charge in [0.2, 0.25) is 0 Å². The minimum absolute atomic E-state index is 0.0422. The molecule has 1 aliphatic carbocycles. The molecule has 4 heteroatoms. The van der Waals surface area contributed by atoms with E-state index in [0.717, 1.165) is 12.5 Å². The molecule has 0 radical (unpaired) electrons. The highest BCUT2D eigenvalue weighted by atomic mass is 16.5. The van der Waals surface area contributed by atoms with Gasteiger partial charge in [0.1, 0.15) is 11.9 Å². The minimum Gasteiger partial charge on any atom is -0.494 e. The lowest BCUT2D eigenvalue weighted by Gasteiger charge is -2.06. The Morgan fingerprint density at radius 2 is 2.31 bits per heavy atom. The number of carboxylic acid groups (broad SMARTS) is 1. The van der Waals surface area contributed by atoms with Gasteiger partial charge < -0.3 is 14.9 Å². The molecule has 2 rings (SSSR count). The number of allylic oxidation sites excluding steroid dienone is 1. The molecule has 1 saturated carbocycles. The van der Waals surface area contributed by atoms with Gasteiger partial charge in [-0.1, -0.05) is 0 Å². The van der Waals surface area contributed by atoms with Gasteiger partial charge in [-0.25, -0.2) is 4.79 Å². The monoisotopic (exact) mass is 184 g/mol. The van der Waals surface area contributed by atoms with Gasteiger partial charge in [0.15, 0.2) is 0 Å². The molecule has 0 aromatic heterocycles. The minimum atomic E-state index is -0.962. The maximum atomic E-state index is 10.3. The van der Waals surface area contributed by atoms with Crippen LogP contribution in [0.15, 0.2) is 11.8 Å².